The number of ether oxygens (including phenoxy) is 1. The Bertz CT molecular complexity index is 1070. The maximum Gasteiger partial charge on any atom is 0.414 e. The van der Waals surface area contributed by atoms with Gasteiger partial charge in [-0.05, 0) is 36.6 Å². The molecule has 2 aromatic heterocycles. The van der Waals surface area contributed by atoms with Gasteiger partial charge in [0.1, 0.15) is 5.52 Å². The molecule has 3 aromatic rings. The van der Waals surface area contributed by atoms with Crippen molar-refractivity contribution in [2.75, 3.05) is 6.61 Å². The molecule has 7 nitrogen and oxygen atoms in total. The van der Waals surface area contributed by atoms with Gasteiger partial charge in [-0.3, -0.25) is 14.9 Å². The second kappa shape index (κ2) is 8.16. The number of oxazole rings is 1. The number of alkyl carbamates (subject to hydrolysis) is 1. The van der Waals surface area contributed by atoms with Crippen LogP contribution in [0.5, 0.6) is 0 Å². The highest BCUT2D eigenvalue weighted by molar-refractivity contribution is 7.10. The highest BCUT2D eigenvalue weighted by Crippen LogP contribution is 2.27. The Kier molecular flexibility index (Phi) is 5.83. The number of imide groups is 1. The fourth-order valence-electron chi connectivity index (χ4n) is 2.68. The summed E-state index contributed by atoms with van der Waals surface area (Å²) in [4.78, 5) is 41.6. The molecule has 0 spiro atoms. The van der Waals surface area contributed by atoms with Crippen molar-refractivity contribution in [1.29, 1.82) is 0 Å². The smallest absolute Gasteiger partial charge is 0.414 e. The number of fused-ring (bicyclic) bond motifs is 1. The number of benzene rings is 1. The number of hydrogen-bond acceptors (Lipinski definition) is 7. The number of amides is 2. The Morgan fingerprint density at radius 2 is 1.97 bits per heavy atom. The van der Waals surface area contributed by atoms with Crippen molar-refractivity contribution in [3.8, 4) is 0 Å². The van der Waals surface area contributed by atoms with Crippen molar-refractivity contribution in [1.82, 2.24) is 10.3 Å². The number of nitrogens with zero attached hydrogens (tertiary/aromatic N) is 1. The minimum atomic E-state index is -0.813. The van der Waals surface area contributed by atoms with Gasteiger partial charge in [-0.1, -0.05) is 20.8 Å². The quantitative estimate of drug-likeness (QED) is 0.617. The van der Waals surface area contributed by atoms with E-state index in [1.54, 1.807) is 36.6 Å². The first-order chi connectivity index (χ1) is 13.7. The molecule has 8 heteroatoms. The predicted octanol–water partition coefficient (Wildman–Crippen LogP) is 4.50. The lowest BCUT2D eigenvalue weighted by molar-refractivity contribution is 0.0925. The highest BCUT2D eigenvalue weighted by Gasteiger charge is 2.22. The molecule has 152 valence electrons. The normalized spacial score (nSPS) is 11.4. The number of nitrogens with one attached hydrogen (secondary N) is 1. The van der Waals surface area contributed by atoms with Crippen LogP contribution in [0.25, 0.3) is 11.1 Å². The lowest BCUT2D eigenvalue weighted by atomic mass is 9.97. The molecule has 0 atom stereocenters. The van der Waals surface area contributed by atoms with E-state index in [9.17, 15) is 14.4 Å². The van der Waals surface area contributed by atoms with Crippen LogP contribution in [0, 0.1) is 0 Å². The number of carbonyl (C=O) groups is 3. The van der Waals surface area contributed by atoms with Gasteiger partial charge in [0, 0.05) is 22.3 Å². The maximum atomic E-state index is 12.8. The number of Topliss-reactive ketones (excluding diaryl/α,β-unsaturated/α-hetero) is 1. The summed E-state index contributed by atoms with van der Waals surface area (Å²) in [6.07, 6.45) is -0.772. The summed E-state index contributed by atoms with van der Waals surface area (Å²) in [6, 6.07) is 6.70. The molecular formula is C21H22N2O5S. The Labute approximate surface area is 172 Å². The van der Waals surface area contributed by atoms with Gasteiger partial charge in [0.2, 0.25) is 5.89 Å². The molecule has 0 radical (unpaired) electrons. The molecule has 0 saturated heterocycles. The zero-order valence-corrected chi connectivity index (χ0v) is 17.5. The number of ketones is 1. The summed E-state index contributed by atoms with van der Waals surface area (Å²) in [7, 11) is 0. The first-order valence-electron chi connectivity index (χ1n) is 9.17. The van der Waals surface area contributed by atoms with Crippen LogP contribution in [0.3, 0.4) is 0 Å². The first kappa shape index (κ1) is 20.7. The SMILES string of the molecule is CCOC(=O)NC(=O)c1ccsc1CC(=O)c1ccc2oc(C(C)(C)C)nc2c1. The molecule has 3 rings (SSSR count). The second-order valence-corrected chi connectivity index (χ2v) is 8.48. The number of thiophene rings is 1. The molecular weight excluding hydrogens is 392 g/mol. The Balaban J connectivity index is 1.78. The standard InChI is InChI=1S/C21H22N2O5S/c1-5-27-20(26)23-18(25)13-8-9-29-17(13)11-15(24)12-6-7-16-14(10-12)22-19(28-16)21(2,3)4/h6-10H,5,11H2,1-4H3,(H,23,25,26). The first-order valence-corrected chi connectivity index (χ1v) is 10.1. The number of aromatic nitrogens is 1. The summed E-state index contributed by atoms with van der Waals surface area (Å²) in [5.41, 5.74) is 1.77. The Hall–Kier alpha value is -3.00. The molecule has 0 unspecified atom stereocenters. The van der Waals surface area contributed by atoms with Gasteiger partial charge >= 0.3 is 6.09 Å². The zero-order valence-electron chi connectivity index (χ0n) is 16.7. The topological polar surface area (TPSA) is 98.5 Å². The van der Waals surface area contributed by atoms with Crippen molar-refractivity contribution in [3.63, 3.8) is 0 Å². The molecule has 0 aliphatic carbocycles. The number of carbonyl (C=O) groups excluding carboxylic acids is 3. The van der Waals surface area contributed by atoms with E-state index in [4.69, 9.17) is 9.15 Å². The lowest BCUT2D eigenvalue weighted by Gasteiger charge is -2.11. The van der Waals surface area contributed by atoms with Crippen molar-refractivity contribution < 1.29 is 23.5 Å². The molecule has 0 saturated carbocycles. The monoisotopic (exact) mass is 414 g/mol. The van der Waals surface area contributed by atoms with Crippen LogP contribution in [0.1, 0.15) is 59.2 Å². The Morgan fingerprint density at radius 1 is 1.21 bits per heavy atom. The van der Waals surface area contributed by atoms with Gasteiger partial charge < -0.3 is 9.15 Å². The molecule has 0 aliphatic heterocycles. The van der Waals surface area contributed by atoms with E-state index in [0.29, 0.717) is 27.4 Å². The zero-order chi connectivity index (χ0) is 21.2. The summed E-state index contributed by atoms with van der Waals surface area (Å²) in [5.74, 6) is -0.137. The van der Waals surface area contributed by atoms with Gasteiger partial charge in [-0.25, -0.2) is 9.78 Å². The number of rotatable bonds is 5. The van der Waals surface area contributed by atoms with E-state index in [2.05, 4.69) is 10.3 Å². The molecule has 2 heterocycles. The van der Waals surface area contributed by atoms with Gasteiger partial charge in [-0.2, -0.15) is 0 Å². The van der Waals surface area contributed by atoms with Gasteiger partial charge in [0.25, 0.3) is 5.91 Å². The average Bonchev–Trinajstić information content (AvgIpc) is 3.27. The highest BCUT2D eigenvalue weighted by atomic mass is 32.1. The molecule has 0 aliphatic rings. The fourth-order valence-corrected chi connectivity index (χ4v) is 3.55. The van der Waals surface area contributed by atoms with Crippen LogP contribution < -0.4 is 5.32 Å². The maximum absolute atomic E-state index is 12.8. The van der Waals surface area contributed by atoms with Crippen molar-refractivity contribution >= 4 is 40.2 Å². The molecule has 0 bridgehead atoms. The second-order valence-electron chi connectivity index (χ2n) is 7.48. The van der Waals surface area contributed by atoms with Crippen LogP contribution in [-0.4, -0.2) is 29.4 Å². The largest absolute Gasteiger partial charge is 0.450 e. The molecule has 0 fully saturated rings. The van der Waals surface area contributed by atoms with Crippen molar-refractivity contribution in [2.45, 2.75) is 39.5 Å². The van der Waals surface area contributed by atoms with Crippen LogP contribution in [0.15, 0.2) is 34.1 Å². The summed E-state index contributed by atoms with van der Waals surface area (Å²) < 4.78 is 10.5. The van der Waals surface area contributed by atoms with Crippen molar-refractivity contribution in [3.05, 3.63) is 51.5 Å². The average molecular weight is 414 g/mol. The van der Waals surface area contributed by atoms with Gasteiger partial charge in [0.15, 0.2) is 11.4 Å². The van der Waals surface area contributed by atoms with Crippen LogP contribution in [0.2, 0.25) is 0 Å². The minimum absolute atomic E-state index is 0.0404. The van der Waals surface area contributed by atoms with Crippen molar-refractivity contribution in [2.24, 2.45) is 0 Å². The van der Waals surface area contributed by atoms with E-state index < -0.39 is 12.0 Å². The molecule has 29 heavy (non-hydrogen) atoms. The van der Waals surface area contributed by atoms with Crippen LogP contribution in [-0.2, 0) is 16.6 Å². The summed E-state index contributed by atoms with van der Waals surface area (Å²) in [6.45, 7) is 7.82. The van der Waals surface area contributed by atoms with Gasteiger partial charge in [0.05, 0.1) is 12.2 Å². The number of hydrogen-bond donors (Lipinski definition) is 1. The molecule has 1 aromatic carbocycles. The van der Waals surface area contributed by atoms with Crippen LogP contribution in [0.4, 0.5) is 4.79 Å². The minimum Gasteiger partial charge on any atom is -0.450 e. The van der Waals surface area contributed by atoms with E-state index in [1.165, 1.54) is 11.3 Å². The Morgan fingerprint density at radius 3 is 2.66 bits per heavy atom. The van der Waals surface area contributed by atoms with E-state index in [1.807, 2.05) is 20.8 Å². The predicted molar refractivity (Wildman–Crippen MR) is 110 cm³/mol. The third-order valence-electron chi connectivity index (χ3n) is 4.15. The van der Waals surface area contributed by atoms with E-state index in [0.717, 1.165) is 0 Å². The summed E-state index contributed by atoms with van der Waals surface area (Å²) >= 11 is 1.28. The lowest BCUT2D eigenvalue weighted by Crippen LogP contribution is -2.31. The van der Waals surface area contributed by atoms with E-state index in [-0.39, 0.29) is 29.8 Å². The fraction of sp³-hybridized carbons (Fsp3) is 0.333. The van der Waals surface area contributed by atoms with E-state index >= 15 is 0 Å². The molecule has 1 N–H and O–H groups in total. The van der Waals surface area contributed by atoms with Crippen LogP contribution >= 0.6 is 11.3 Å². The van der Waals surface area contributed by atoms with Gasteiger partial charge in [-0.15, -0.1) is 11.3 Å². The third-order valence-corrected chi connectivity index (χ3v) is 5.07. The third kappa shape index (κ3) is 4.71. The molecule has 2 amide bonds. The summed E-state index contributed by atoms with van der Waals surface area (Å²) in [5, 5.41) is 3.86.